The van der Waals surface area contributed by atoms with Crippen molar-refractivity contribution in [2.45, 2.75) is 36.4 Å². The molecule has 1 aliphatic heterocycles. The van der Waals surface area contributed by atoms with Crippen molar-refractivity contribution in [3.8, 4) is 6.07 Å². The van der Waals surface area contributed by atoms with Crippen LogP contribution in [0.5, 0.6) is 0 Å². The third kappa shape index (κ3) is 5.18. The van der Waals surface area contributed by atoms with Gasteiger partial charge in [-0.05, 0) is 38.0 Å². The van der Waals surface area contributed by atoms with Gasteiger partial charge in [-0.3, -0.25) is 24.6 Å². The molecule has 0 saturated heterocycles. The van der Waals surface area contributed by atoms with Gasteiger partial charge in [-0.15, -0.1) is 10.2 Å². The molecule has 0 radical (unpaired) electrons. The molecule has 0 saturated carbocycles. The number of furan rings is 1. The second kappa shape index (κ2) is 11.1. The molecular weight excluding hydrogens is 578 g/mol. The van der Waals surface area contributed by atoms with Gasteiger partial charge in [0.15, 0.2) is 10.1 Å². The number of halogens is 1. The van der Waals surface area contributed by atoms with E-state index in [0.717, 1.165) is 23.1 Å². The summed E-state index contributed by atoms with van der Waals surface area (Å²) in [7, 11) is 0. The zero-order valence-electron chi connectivity index (χ0n) is 20.8. The highest BCUT2D eigenvalue weighted by molar-refractivity contribution is 8.01. The molecule has 2 aromatic heterocycles. The average molecular weight is 598 g/mol. The molecule has 1 aliphatic carbocycles. The van der Waals surface area contributed by atoms with E-state index in [2.05, 4.69) is 21.6 Å². The van der Waals surface area contributed by atoms with Gasteiger partial charge in [-0.25, -0.2) is 0 Å². The van der Waals surface area contributed by atoms with Crippen molar-refractivity contribution in [1.29, 1.82) is 5.26 Å². The summed E-state index contributed by atoms with van der Waals surface area (Å²) < 4.78 is 6.25. The predicted molar refractivity (Wildman–Crippen MR) is 149 cm³/mol. The van der Waals surface area contributed by atoms with E-state index >= 15 is 0 Å². The van der Waals surface area contributed by atoms with Gasteiger partial charge >= 0.3 is 0 Å². The van der Waals surface area contributed by atoms with Crippen LogP contribution in [-0.4, -0.2) is 32.6 Å². The summed E-state index contributed by atoms with van der Waals surface area (Å²) >= 11 is 8.31. The fourth-order valence-corrected chi connectivity index (χ4v) is 6.43. The topological polar surface area (TPSA) is 181 Å². The highest BCUT2D eigenvalue weighted by Gasteiger charge is 2.42. The first-order chi connectivity index (χ1) is 19.2. The zero-order chi connectivity index (χ0) is 28.6. The number of aromatic nitrogens is 2. The smallest absolute Gasteiger partial charge is 0.271 e. The molecule has 2 aliphatic rings. The first-order valence-electron chi connectivity index (χ1n) is 11.9. The summed E-state index contributed by atoms with van der Waals surface area (Å²) in [5, 5.41) is 32.6. The van der Waals surface area contributed by atoms with E-state index in [1.54, 1.807) is 24.0 Å². The number of allylic oxidation sites excluding steroid dienone is 3. The van der Waals surface area contributed by atoms with Crippen molar-refractivity contribution < 1.29 is 18.9 Å². The maximum absolute atomic E-state index is 13.2. The van der Waals surface area contributed by atoms with Crippen LogP contribution < -0.4 is 16.0 Å². The Labute approximate surface area is 240 Å². The minimum atomic E-state index is -0.705. The van der Waals surface area contributed by atoms with Crippen LogP contribution >= 0.6 is 34.7 Å². The number of benzene rings is 1. The molecule has 204 valence electrons. The molecule has 1 atom stereocenters. The number of ketones is 1. The fraction of sp³-hybridized carbons (Fsp3) is 0.240. The number of nitrogens with two attached hydrogens (primary N) is 1. The van der Waals surface area contributed by atoms with Gasteiger partial charge in [0.2, 0.25) is 11.0 Å². The Morgan fingerprint density at radius 3 is 2.88 bits per heavy atom. The molecule has 5 rings (SSSR count). The standard InChI is InChI=1S/C25H20ClN7O5S2/c1-12-5-8-19(38-12)21-14(10-27)23(28)32(17-3-2-4-18(34)22(17)21)24-30-31-25(40-24)39-11-20(35)29-16-9-13(33(36)37)6-7-15(16)26/h5-9,21H,2-4,11,28H2,1H3,(H,29,35). The normalized spacial score (nSPS) is 17.1. The largest absolute Gasteiger partial charge is 0.465 e. The van der Waals surface area contributed by atoms with Crippen LogP contribution in [0.25, 0.3) is 0 Å². The van der Waals surface area contributed by atoms with Crippen LogP contribution in [0.15, 0.2) is 61.8 Å². The maximum Gasteiger partial charge on any atom is 0.271 e. The second-order valence-electron chi connectivity index (χ2n) is 8.87. The first-order valence-corrected chi connectivity index (χ1v) is 14.1. The number of rotatable bonds is 7. The van der Waals surface area contributed by atoms with Gasteiger partial charge in [0.25, 0.3) is 5.69 Å². The number of non-ortho nitro benzene ring substituents is 1. The molecule has 12 nitrogen and oxygen atoms in total. The van der Waals surface area contributed by atoms with Crippen molar-refractivity contribution in [2.24, 2.45) is 5.73 Å². The van der Waals surface area contributed by atoms with Gasteiger partial charge < -0.3 is 15.5 Å². The van der Waals surface area contributed by atoms with Crippen LogP contribution in [0, 0.1) is 28.4 Å². The first kappa shape index (κ1) is 27.4. The molecule has 3 aromatic rings. The maximum atomic E-state index is 13.2. The summed E-state index contributed by atoms with van der Waals surface area (Å²) in [6.07, 6.45) is 1.52. The van der Waals surface area contributed by atoms with Crippen LogP contribution in [0.1, 0.15) is 36.7 Å². The lowest BCUT2D eigenvalue weighted by molar-refractivity contribution is -0.384. The molecule has 0 fully saturated rings. The van der Waals surface area contributed by atoms with Crippen LogP contribution in [-0.2, 0) is 9.59 Å². The molecule has 0 bridgehead atoms. The number of carbonyl (C=O) groups is 2. The van der Waals surface area contributed by atoms with E-state index in [4.69, 9.17) is 21.8 Å². The quantitative estimate of drug-likeness (QED) is 0.211. The number of nitrogens with one attached hydrogen (secondary N) is 1. The number of Topliss-reactive ketones (excluding diaryl/α,β-unsaturated/α-hetero) is 1. The molecule has 40 heavy (non-hydrogen) atoms. The van der Waals surface area contributed by atoms with Crippen molar-refractivity contribution >= 4 is 62.9 Å². The number of hydrogen-bond acceptors (Lipinski definition) is 12. The molecule has 3 heterocycles. The van der Waals surface area contributed by atoms with Crippen molar-refractivity contribution in [3.63, 3.8) is 0 Å². The lowest BCUT2D eigenvalue weighted by Gasteiger charge is -2.37. The van der Waals surface area contributed by atoms with Crippen molar-refractivity contribution in [1.82, 2.24) is 10.2 Å². The van der Waals surface area contributed by atoms with Crippen LogP contribution in [0.3, 0.4) is 0 Å². The minimum Gasteiger partial charge on any atom is -0.465 e. The second-order valence-corrected chi connectivity index (χ2v) is 11.5. The van der Waals surface area contributed by atoms with E-state index in [-0.39, 0.29) is 39.3 Å². The molecule has 15 heteroatoms. The molecule has 3 N–H and O–H groups in total. The minimum absolute atomic E-state index is 0.0746. The van der Waals surface area contributed by atoms with Gasteiger partial charge in [-0.1, -0.05) is 34.7 Å². The lowest BCUT2D eigenvalue weighted by Crippen LogP contribution is -2.38. The number of hydrogen-bond donors (Lipinski definition) is 2. The summed E-state index contributed by atoms with van der Waals surface area (Å²) in [6.45, 7) is 1.79. The summed E-state index contributed by atoms with van der Waals surface area (Å²) in [4.78, 5) is 37.7. The molecular formula is C25H20ClN7O5S2. The average Bonchev–Trinajstić information content (AvgIpc) is 3.57. The third-order valence-corrected chi connectivity index (χ3v) is 8.68. The Hall–Kier alpha value is -4.19. The van der Waals surface area contributed by atoms with E-state index in [9.17, 15) is 25.0 Å². The van der Waals surface area contributed by atoms with Gasteiger partial charge in [0, 0.05) is 29.8 Å². The summed E-state index contributed by atoms with van der Waals surface area (Å²) in [5.74, 6) is -0.0445. The monoisotopic (exact) mass is 597 g/mol. The number of carbonyl (C=O) groups excluding carboxylic acids is 2. The molecule has 1 unspecified atom stereocenters. The van der Waals surface area contributed by atoms with Crippen molar-refractivity contribution in [3.05, 3.63) is 79.7 Å². The van der Waals surface area contributed by atoms with Crippen LogP contribution in [0.4, 0.5) is 16.5 Å². The number of thioether (sulfide) groups is 1. The summed E-state index contributed by atoms with van der Waals surface area (Å²) in [5.41, 5.74) is 7.73. The Morgan fingerprint density at radius 1 is 1.38 bits per heavy atom. The number of aryl methyl sites for hydroxylation is 1. The Kier molecular flexibility index (Phi) is 7.61. The Bertz CT molecular complexity index is 1650. The molecule has 1 aromatic carbocycles. The molecule has 1 amide bonds. The van der Waals surface area contributed by atoms with E-state index in [1.807, 2.05) is 0 Å². The van der Waals surface area contributed by atoms with Gasteiger partial charge in [0.1, 0.15) is 17.3 Å². The Morgan fingerprint density at radius 2 is 2.17 bits per heavy atom. The fourth-order valence-electron chi connectivity index (χ4n) is 4.59. The third-order valence-electron chi connectivity index (χ3n) is 6.31. The Balaban J connectivity index is 1.38. The zero-order valence-corrected chi connectivity index (χ0v) is 23.2. The number of nitriles is 1. The summed E-state index contributed by atoms with van der Waals surface area (Å²) in [6, 6.07) is 9.45. The molecule has 0 spiro atoms. The highest BCUT2D eigenvalue weighted by Crippen LogP contribution is 2.47. The number of nitro groups is 1. The lowest BCUT2D eigenvalue weighted by atomic mass is 9.78. The van der Waals surface area contributed by atoms with Gasteiger partial charge in [-0.2, -0.15) is 5.26 Å². The SMILES string of the molecule is Cc1ccc(C2C(C#N)=C(N)N(c3nnc(SCC(=O)Nc4cc([N+](=O)[O-])ccc4Cl)s3)C3=C2C(=O)CCC3)o1. The highest BCUT2D eigenvalue weighted by atomic mass is 35.5. The van der Waals surface area contributed by atoms with E-state index in [1.165, 1.54) is 18.2 Å². The van der Waals surface area contributed by atoms with Crippen LogP contribution in [0.2, 0.25) is 5.02 Å². The number of anilines is 2. The predicted octanol–water partition coefficient (Wildman–Crippen LogP) is 5.04. The number of nitrogens with zero attached hydrogens (tertiary/aromatic N) is 5. The van der Waals surface area contributed by atoms with Gasteiger partial charge in [0.05, 0.1) is 38.9 Å². The van der Waals surface area contributed by atoms with E-state index in [0.29, 0.717) is 51.5 Å². The number of amides is 1. The van der Waals surface area contributed by atoms with Crippen molar-refractivity contribution in [2.75, 3.05) is 16.0 Å². The number of nitro benzene ring substituents is 1. The van der Waals surface area contributed by atoms with E-state index < -0.39 is 16.7 Å².